The van der Waals surface area contributed by atoms with Gasteiger partial charge < -0.3 is 4.74 Å². The van der Waals surface area contributed by atoms with Crippen molar-refractivity contribution in [2.24, 2.45) is 0 Å². The van der Waals surface area contributed by atoms with Crippen LogP contribution in [0.5, 0.6) is 0 Å². The van der Waals surface area contributed by atoms with Gasteiger partial charge in [0.25, 0.3) is 6.43 Å². The predicted octanol–water partition coefficient (Wildman–Crippen LogP) is 0.499. The van der Waals surface area contributed by atoms with Gasteiger partial charge in [0, 0.05) is 6.42 Å². The Morgan fingerprint density at radius 3 is 2.83 bits per heavy atom. The molecule has 0 bridgehead atoms. The van der Waals surface area contributed by atoms with Crippen molar-refractivity contribution in [2.45, 2.75) is 18.9 Å². The standard InChI is InChI=1S/C7H11F2NO2/c1-10(4-6(8)9)5-2-3-12-7(5)11/h5-6H,2-4H2,1H3. The highest BCUT2D eigenvalue weighted by molar-refractivity contribution is 5.77. The van der Waals surface area contributed by atoms with E-state index in [1.165, 1.54) is 11.9 Å². The van der Waals surface area contributed by atoms with Crippen LogP contribution in [0.2, 0.25) is 0 Å². The molecule has 0 amide bonds. The van der Waals surface area contributed by atoms with E-state index in [0.29, 0.717) is 13.0 Å². The Morgan fingerprint density at radius 2 is 2.42 bits per heavy atom. The summed E-state index contributed by atoms with van der Waals surface area (Å²) in [5.74, 6) is -0.391. The zero-order valence-corrected chi connectivity index (χ0v) is 6.80. The Morgan fingerprint density at radius 1 is 1.75 bits per heavy atom. The minimum atomic E-state index is -2.40. The molecule has 12 heavy (non-hydrogen) atoms. The minimum Gasteiger partial charge on any atom is -0.464 e. The first-order valence-corrected chi connectivity index (χ1v) is 3.76. The molecule has 1 aliphatic rings. The van der Waals surface area contributed by atoms with Crippen LogP contribution in [0, 0.1) is 0 Å². The van der Waals surface area contributed by atoms with Crippen LogP contribution >= 0.6 is 0 Å². The zero-order chi connectivity index (χ0) is 9.14. The SMILES string of the molecule is CN(CC(F)F)C1CCOC1=O. The number of alkyl halides is 2. The summed E-state index contributed by atoms with van der Waals surface area (Å²) in [5, 5.41) is 0. The molecule has 0 N–H and O–H groups in total. The average molecular weight is 179 g/mol. The van der Waals surface area contributed by atoms with Crippen LogP contribution in [0.25, 0.3) is 0 Å². The zero-order valence-electron chi connectivity index (χ0n) is 6.80. The largest absolute Gasteiger partial charge is 0.464 e. The van der Waals surface area contributed by atoms with Gasteiger partial charge in [0.15, 0.2) is 0 Å². The number of rotatable bonds is 3. The number of cyclic esters (lactones) is 1. The maximum atomic E-state index is 11.9. The van der Waals surface area contributed by atoms with Crippen LogP contribution < -0.4 is 0 Å². The van der Waals surface area contributed by atoms with Crippen molar-refractivity contribution in [2.75, 3.05) is 20.2 Å². The highest BCUT2D eigenvalue weighted by atomic mass is 19.3. The van der Waals surface area contributed by atoms with E-state index < -0.39 is 18.4 Å². The number of carbonyl (C=O) groups excluding carboxylic acids is 1. The summed E-state index contributed by atoms with van der Waals surface area (Å²) in [5.41, 5.74) is 0. The second kappa shape index (κ2) is 3.80. The molecule has 0 aliphatic carbocycles. The number of hydrogen-bond acceptors (Lipinski definition) is 3. The predicted molar refractivity (Wildman–Crippen MR) is 38.0 cm³/mol. The normalized spacial score (nSPS) is 23.8. The lowest BCUT2D eigenvalue weighted by Gasteiger charge is -2.19. The van der Waals surface area contributed by atoms with Crippen molar-refractivity contribution in [3.05, 3.63) is 0 Å². The number of nitrogens with zero attached hydrogens (tertiary/aromatic N) is 1. The van der Waals surface area contributed by atoms with E-state index in [9.17, 15) is 13.6 Å². The molecule has 1 rings (SSSR count). The van der Waals surface area contributed by atoms with Crippen molar-refractivity contribution < 1.29 is 18.3 Å². The molecular formula is C7H11F2NO2. The molecule has 1 fully saturated rings. The molecule has 1 aliphatic heterocycles. The molecule has 3 nitrogen and oxygen atoms in total. The van der Waals surface area contributed by atoms with Crippen LogP contribution in [0.3, 0.4) is 0 Å². The molecule has 1 heterocycles. The van der Waals surface area contributed by atoms with Crippen molar-refractivity contribution >= 4 is 5.97 Å². The number of likely N-dealkylation sites (N-methyl/N-ethyl adjacent to an activating group) is 1. The lowest BCUT2D eigenvalue weighted by molar-refractivity contribution is -0.142. The molecule has 0 aromatic rings. The van der Waals surface area contributed by atoms with E-state index >= 15 is 0 Å². The fraction of sp³-hybridized carbons (Fsp3) is 0.857. The van der Waals surface area contributed by atoms with E-state index in [-0.39, 0.29) is 6.54 Å². The van der Waals surface area contributed by atoms with Gasteiger partial charge >= 0.3 is 5.97 Å². The quantitative estimate of drug-likeness (QED) is 0.591. The first-order valence-electron chi connectivity index (χ1n) is 3.76. The molecule has 70 valence electrons. The van der Waals surface area contributed by atoms with Crippen LogP contribution in [0.4, 0.5) is 8.78 Å². The number of carbonyl (C=O) groups is 1. The van der Waals surface area contributed by atoms with Crippen LogP contribution in [0.15, 0.2) is 0 Å². The van der Waals surface area contributed by atoms with Crippen molar-refractivity contribution in [1.82, 2.24) is 4.90 Å². The summed E-state index contributed by atoms with van der Waals surface area (Å²) >= 11 is 0. The third-order valence-electron chi connectivity index (χ3n) is 1.87. The number of esters is 1. The fourth-order valence-corrected chi connectivity index (χ4v) is 1.23. The topological polar surface area (TPSA) is 29.5 Å². The molecular weight excluding hydrogens is 168 g/mol. The smallest absolute Gasteiger partial charge is 0.323 e. The second-order valence-corrected chi connectivity index (χ2v) is 2.80. The summed E-state index contributed by atoms with van der Waals surface area (Å²) in [4.78, 5) is 12.2. The van der Waals surface area contributed by atoms with Gasteiger partial charge in [0.05, 0.1) is 13.2 Å². The van der Waals surface area contributed by atoms with Crippen LogP contribution in [0.1, 0.15) is 6.42 Å². The van der Waals surface area contributed by atoms with E-state index in [0.717, 1.165) is 0 Å². The van der Waals surface area contributed by atoms with Crippen molar-refractivity contribution in [3.63, 3.8) is 0 Å². The van der Waals surface area contributed by atoms with Gasteiger partial charge in [-0.15, -0.1) is 0 Å². The Labute approximate surface area is 69.3 Å². The third kappa shape index (κ3) is 2.14. The van der Waals surface area contributed by atoms with Crippen LogP contribution in [-0.2, 0) is 9.53 Å². The summed E-state index contributed by atoms with van der Waals surface area (Å²) in [7, 11) is 1.50. The molecule has 1 saturated heterocycles. The lowest BCUT2D eigenvalue weighted by Crippen LogP contribution is -2.38. The van der Waals surface area contributed by atoms with Crippen molar-refractivity contribution in [1.29, 1.82) is 0 Å². The number of halogens is 2. The Balaban J connectivity index is 2.40. The van der Waals surface area contributed by atoms with Gasteiger partial charge in [-0.3, -0.25) is 9.69 Å². The molecule has 5 heteroatoms. The molecule has 0 radical (unpaired) electrons. The average Bonchev–Trinajstić information content (AvgIpc) is 2.33. The Bertz CT molecular complexity index is 175. The maximum absolute atomic E-state index is 11.9. The molecule has 1 unspecified atom stereocenters. The van der Waals surface area contributed by atoms with E-state index in [2.05, 4.69) is 4.74 Å². The molecule has 0 aromatic carbocycles. The van der Waals surface area contributed by atoms with Gasteiger partial charge in [-0.05, 0) is 7.05 Å². The highest BCUT2D eigenvalue weighted by Gasteiger charge is 2.31. The van der Waals surface area contributed by atoms with Crippen molar-refractivity contribution in [3.8, 4) is 0 Å². The minimum absolute atomic E-state index is 0.344. The summed E-state index contributed by atoms with van der Waals surface area (Å²) in [6.45, 7) is -0.0309. The second-order valence-electron chi connectivity index (χ2n) is 2.80. The number of ether oxygens (including phenoxy) is 1. The first kappa shape index (κ1) is 9.38. The fourth-order valence-electron chi connectivity index (χ4n) is 1.23. The van der Waals surface area contributed by atoms with E-state index in [1.807, 2.05) is 0 Å². The van der Waals surface area contributed by atoms with Gasteiger partial charge in [0.2, 0.25) is 0 Å². The lowest BCUT2D eigenvalue weighted by atomic mass is 10.2. The monoisotopic (exact) mass is 179 g/mol. The number of hydrogen-bond donors (Lipinski definition) is 0. The van der Waals surface area contributed by atoms with E-state index in [1.54, 1.807) is 0 Å². The van der Waals surface area contributed by atoms with Gasteiger partial charge in [-0.1, -0.05) is 0 Å². The van der Waals surface area contributed by atoms with Crippen LogP contribution in [-0.4, -0.2) is 43.5 Å². The highest BCUT2D eigenvalue weighted by Crippen LogP contribution is 2.13. The summed E-state index contributed by atoms with van der Waals surface area (Å²) in [6, 6.07) is -0.473. The maximum Gasteiger partial charge on any atom is 0.323 e. The van der Waals surface area contributed by atoms with Gasteiger partial charge in [-0.2, -0.15) is 0 Å². The third-order valence-corrected chi connectivity index (χ3v) is 1.87. The molecule has 0 spiro atoms. The Hall–Kier alpha value is -0.710. The van der Waals surface area contributed by atoms with E-state index in [4.69, 9.17) is 0 Å². The summed E-state index contributed by atoms with van der Waals surface area (Å²) in [6.07, 6.45) is -1.88. The van der Waals surface area contributed by atoms with Gasteiger partial charge in [-0.25, -0.2) is 8.78 Å². The molecule has 1 atom stereocenters. The Kier molecular flexibility index (Phi) is 2.97. The molecule has 0 saturated carbocycles. The first-order chi connectivity index (χ1) is 5.61. The van der Waals surface area contributed by atoms with Gasteiger partial charge in [0.1, 0.15) is 6.04 Å². The summed E-state index contributed by atoms with van der Waals surface area (Å²) < 4.78 is 28.4. The molecule has 0 aromatic heterocycles.